The number of likely N-dealkylation sites (tertiary alicyclic amines) is 1. The maximum absolute atomic E-state index is 12.5. The zero-order valence-electron chi connectivity index (χ0n) is 23.0. The molecule has 9 heteroatoms. The number of nitriles is 1. The number of anilines is 1. The highest BCUT2D eigenvalue weighted by Crippen LogP contribution is 2.43. The van der Waals surface area contributed by atoms with Crippen molar-refractivity contribution < 1.29 is 9.53 Å². The molecule has 7 rings (SSSR count). The maximum Gasteiger partial charge on any atom is 0.410 e. The van der Waals surface area contributed by atoms with Crippen molar-refractivity contribution in [1.29, 1.82) is 5.26 Å². The molecule has 202 valence electrons. The Morgan fingerprint density at radius 2 is 1.85 bits per heavy atom. The van der Waals surface area contributed by atoms with E-state index in [1.54, 1.807) is 6.33 Å². The number of carbonyl (C=O) groups is 1. The zero-order valence-corrected chi connectivity index (χ0v) is 23.0. The summed E-state index contributed by atoms with van der Waals surface area (Å²) in [6, 6.07) is 18.6. The quantitative estimate of drug-likeness (QED) is 0.314. The zero-order chi connectivity index (χ0) is 27.6. The van der Waals surface area contributed by atoms with Crippen molar-refractivity contribution in [2.45, 2.75) is 39.3 Å². The molecule has 0 saturated carbocycles. The van der Waals surface area contributed by atoms with Crippen LogP contribution in [0, 0.1) is 16.7 Å². The van der Waals surface area contributed by atoms with Gasteiger partial charge in [0.25, 0.3) is 0 Å². The van der Waals surface area contributed by atoms with Gasteiger partial charge in [-0.1, -0.05) is 12.1 Å². The van der Waals surface area contributed by atoms with E-state index in [1.165, 1.54) is 11.3 Å². The molecular weight excluding hydrogens is 502 g/mol. The number of ether oxygens (including phenoxy) is 1. The highest BCUT2D eigenvalue weighted by atomic mass is 16.6. The molecule has 2 aromatic carbocycles. The highest BCUT2D eigenvalue weighted by molar-refractivity contribution is 5.73. The molecule has 0 atom stereocenters. The fraction of sp³-hybridized carbons (Fsp3) is 0.355. The van der Waals surface area contributed by atoms with Gasteiger partial charge in [0.05, 0.1) is 23.0 Å². The lowest BCUT2D eigenvalue weighted by Gasteiger charge is -2.47. The van der Waals surface area contributed by atoms with E-state index >= 15 is 0 Å². The number of rotatable bonds is 2. The van der Waals surface area contributed by atoms with Gasteiger partial charge in [-0.25, -0.2) is 4.79 Å². The Morgan fingerprint density at radius 1 is 1.05 bits per heavy atom. The lowest BCUT2D eigenvalue weighted by Crippen LogP contribution is -2.60. The van der Waals surface area contributed by atoms with E-state index in [1.807, 2.05) is 49.9 Å². The lowest BCUT2D eigenvalue weighted by molar-refractivity contribution is -0.0266. The first kappa shape index (κ1) is 24.5. The molecule has 3 aliphatic rings. The highest BCUT2D eigenvalue weighted by Gasteiger charge is 2.50. The maximum atomic E-state index is 12.5. The van der Waals surface area contributed by atoms with Crippen molar-refractivity contribution in [1.82, 2.24) is 24.2 Å². The van der Waals surface area contributed by atoms with Crippen LogP contribution in [0.1, 0.15) is 38.3 Å². The minimum absolute atomic E-state index is 0.134. The van der Waals surface area contributed by atoms with Crippen LogP contribution in [0.5, 0.6) is 0 Å². The summed E-state index contributed by atoms with van der Waals surface area (Å²) >= 11 is 0. The Kier molecular flexibility index (Phi) is 5.33. The van der Waals surface area contributed by atoms with Crippen LogP contribution in [0.4, 0.5) is 10.5 Å². The summed E-state index contributed by atoms with van der Waals surface area (Å²) in [6.45, 7) is 9.83. The van der Waals surface area contributed by atoms with Gasteiger partial charge in [0, 0.05) is 55.6 Å². The normalized spacial score (nSPS) is 16.9. The van der Waals surface area contributed by atoms with Crippen LogP contribution >= 0.6 is 0 Å². The first-order valence-corrected chi connectivity index (χ1v) is 13.7. The number of hydrogen-bond donors (Lipinski definition) is 0. The molecular formula is C31H31N7O2. The molecule has 0 bridgehead atoms. The van der Waals surface area contributed by atoms with Gasteiger partial charge in [-0.2, -0.15) is 5.26 Å². The molecule has 4 aromatic rings. The molecule has 3 aliphatic heterocycles. The summed E-state index contributed by atoms with van der Waals surface area (Å²) in [5.74, 6) is 0.809. The van der Waals surface area contributed by atoms with Crippen LogP contribution < -0.4 is 4.90 Å². The predicted octanol–water partition coefficient (Wildman–Crippen LogP) is 5.08. The summed E-state index contributed by atoms with van der Waals surface area (Å²) in [4.78, 5) is 16.8. The van der Waals surface area contributed by atoms with Gasteiger partial charge in [-0.3, -0.25) is 4.57 Å². The van der Waals surface area contributed by atoms with Gasteiger partial charge in [-0.05, 0) is 74.7 Å². The van der Waals surface area contributed by atoms with E-state index in [0.717, 1.165) is 60.9 Å². The lowest BCUT2D eigenvalue weighted by atomic mass is 9.79. The first-order chi connectivity index (χ1) is 19.2. The fourth-order valence-corrected chi connectivity index (χ4v) is 6.26. The van der Waals surface area contributed by atoms with Crippen molar-refractivity contribution in [2.75, 3.05) is 31.1 Å². The second-order valence-corrected chi connectivity index (χ2v) is 12.3. The summed E-state index contributed by atoms with van der Waals surface area (Å²) in [5.41, 5.74) is 6.93. The van der Waals surface area contributed by atoms with E-state index in [9.17, 15) is 4.79 Å². The molecule has 1 spiro atoms. The molecule has 2 fully saturated rings. The van der Waals surface area contributed by atoms with Crippen LogP contribution in [-0.2, 0) is 11.3 Å². The minimum Gasteiger partial charge on any atom is -0.444 e. The second kappa shape index (κ2) is 8.71. The van der Waals surface area contributed by atoms with Crippen LogP contribution in [-0.4, -0.2) is 62.1 Å². The smallest absolute Gasteiger partial charge is 0.410 e. The average Bonchev–Trinajstić information content (AvgIpc) is 3.64. The number of benzene rings is 2. The number of carbonyl (C=O) groups excluding carboxylic acids is 1. The average molecular weight is 534 g/mol. The number of fused-ring (bicyclic) bond motifs is 5. The molecule has 0 aliphatic carbocycles. The van der Waals surface area contributed by atoms with Crippen molar-refractivity contribution in [3.05, 3.63) is 72.2 Å². The molecule has 2 saturated heterocycles. The monoisotopic (exact) mass is 533 g/mol. The van der Waals surface area contributed by atoms with E-state index < -0.39 is 5.60 Å². The third-order valence-corrected chi connectivity index (χ3v) is 8.19. The largest absolute Gasteiger partial charge is 0.444 e. The Labute approximate surface area is 233 Å². The number of nitrogens with zero attached hydrogens (tertiary/aromatic N) is 7. The second-order valence-electron chi connectivity index (χ2n) is 12.3. The standard InChI is InChI=1S/C31H31N7O2/c1-30(2,3)40-29(39)37-18-31(19-37)10-11-35(17-31)25-8-9-26-24(12-25)16-36-15-23(22-6-4-21(14-32)5-7-22)13-27(36)28-34-33-20-38(26)28/h4-9,12-13,15,20H,10-11,16-19H2,1-3H3. The number of amides is 1. The molecule has 1 amide bonds. The van der Waals surface area contributed by atoms with Gasteiger partial charge in [0.15, 0.2) is 5.82 Å². The Morgan fingerprint density at radius 3 is 2.60 bits per heavy atom. The molecule has 40 heavy (non-hydrogen) atoms. The number of aromatic nitrogens is 4. The van der Waals surface area contributed by atoms with Crippen LogP contribution in [0.25, 0.3) is 28.3 Å². The fourth-order valence-electron chi connectivity index (χ4n) is 6.26. The molecule has 9 nitrogen and oxygen atoms in total. The third kappa shape index (κ3) is 4.11. The third-order valence-electron chi connectivity index (χ3n) is 8.19. The van der Waals surface area contributed by atoms with Gasteiger partial charge < -0.3 is 19.1 Å². The molecule has 0 unspecified atom stereocenters. The van der Waals surface area contributed by atoms with Gasteiger partial charge in [-0.15, -0.1) is 10.2 Å². The first-order valence-electron chi connectivity index (χ1n) is 13.7. The molecule has 2 aromatic heterocycles. The van der Waals surface area contributed by atoms with Crippen molar-refractivity contribution >= 4 is 11.8 Å². The minimum atomic E-state index is -0.476. The number of hydrogen-bond acceptors (Lipinski definition) is 6. The Hall–Kier alpha value is -4.58. The Balaban J connectivity index is 1.14. The van der Waals surface area contributed by atoms with E-state index in [4.69, 9.17) is 10.00 Å². The van der Waals surface area contributed by atoms with Crippen LogP contribution in [0.15, 0.2) is 61.1 Å². The summed E-state index contributed by atoms with van der Waals surface area (Å²) in [6.07, 6.45) is 4.79. The van der Waals surface area contributed by atoms with Crippen molar-refractivity contribution in [3.8, 4) is 34.4 Å². The van der Waals surface area contributed by atoms with Crippen LogP contribution in [0.3, 0.4) is 0 Å². The van der Waals surface area contributed by atoms with E-state index in [0.29, 0.717) is 12.1 Å². The molecule has 0 N–H and O–H groups in total. The summed E-state index contributed by atoms with van der Waals surface area (Å²) in [7, 11) is 0. The van der Waals surface area contributed by atoms with E-state index in [2.05, 4.69) is 60.8 Å². The summed E-state index contributed by atoms with van der Waals surface area (Å²) < 4.78 is 9.87. The SMILES string of the molecule is CC(C)(C)OC(=O)N1CC2(CCN(c3ccc4c(c3)Cn3cc(-c5ccc(C#N)cc5)cc3-c3nncn3-4)C2)C1. The summed E-state index contributed by atoms with van der Waals surface area (Å²) in [5, 5.41) is 17.9. The van der Waals surface area contributed by atoms with Gasteiger partial charge >= 0.3 is 6.09 Å². The van der Waals surface area contributed by atoms with Crippen molar-refractivity contribution in [3.63, 3.8) is 0 Å². The predicted molar refractivity (Wildman–Crippen MR) is 151 cm³/mol. The molecule has 0 radical (unpaired) electrons. The van der Waals surface area contributed by atoms with E-state index in [-0.39, 0.29) is 11.5 Å². The van der Waals surface area contributed by atoms with Gasteiger partial charge in [0.2, 0.25) is 0 Å². The van der Waals surface area contributed by atoms with Crippen LogP contribution in [0.2, 0.25) is 0 Å². The Bertz CT molecular complexity index is 1660. The van der Waals surface area contributed by atoms with Gasteiger partial charge in [0.1, 0.15) is 11.9 Å². The molecule has 5 heterocycles. The topological polar surface area (TPSA) is 92.2 Å². The van der Waals surface area contributed by atoms with Crippen molar-refractivity contribution in [2.24, 2.45) is 5.41 Å².